The molecule has 21 heavy (non-hydrogen) atoms. The fraction of sp³-hybridized carbons (Fsp3) is 0.0667. The van der Waals surface area contributed by atoms with Crippen LogP contribution in [0.15, 0.2) is 60.7 Å². The van der Waals surface area contributed by atoms with E-state index in [4.69, 9.17) is 16.3 Å². The first-order chi connectivity index (χ1) is 10.1. The Hall–Kier alpha value is -2.53. The number of anilines is 1. The van der Waals surface area contributed by atoms with Crippen molar-refractivity contribution in [2.75, 3.05) is 5.32 Å². The second-order valence-electron chi connectivity index (χ2n) is 4.08. The number of alkyl halides is 1. The summed E-state index contributed by atoms with van der Waals surface area (Å²) in [5.74, 6) is 0. The monoisotopic (exact) mass is 304 g/mol. The second-order valence-corrected chi connectivity index (χ2v) is 4.47. The number of carbonyl (C=O) groups excluding carboxylic acids is 2. The van der Waals surface area contributed by atoms with Crippen LogP contribution in [-0.4, -0.2) is 12.1 Å². The van der Waals surface area contributed by atoms with Crippen LogP contribution in [0.1, 0.15) is 11.1 Å². The van der Waals surface area contributed by atoms with Crippen LogP contribution >= 0.6 is 11.6 Å². The zero-order chi connectivity index (χ0) is 15.1. The minimum absolute atomic E-state index is 0.563. The number of hydrogen-bond donors (Lipinski definition) is 2. The largest absolute Gasteiger partial charge is 0.425 e. The first-order valence-electron chi connectivity index (χ1n) is 6.18. The number of rotatable bonds is 3. The molecule has 0 spiro atoms. The Labute approximate surface area is 126 Å². The Morgan fingerprint density at radius 3 is 2.14 bits per heavy atom. The SMILES string of the molecule is O=C(NC(=O)OC(Cl)c1ccccc1)Nc1ccccc1. The van der Waals surface area contributed by atoms with E-state index < -0.39 is 17.7 Å². The van der Waals surface area contributed by atoms with Gasteiger partial charge in [0.15, 0.2) is 0 Å². The highest BCUT2D eigenvalue weighted by atomic mass is 35.5. The van der Waals surface area contributed by atoms with E-state index in [0.29, 0.717) is 11.3 Å². The molecule has 2 aromatic carbocycles. The van der Waals surface area contributed by atoms with Gasteiger partial charge in [-0.1, -0.05) is 60.1 Å². The number of benzene rings is 2. The molecule has 0 saturated heterocycles. The molecule has 6 heteroatoms. The molecular weight excluding hydrogens is 292 g/mol. The zero-order valence-electron chi connectivity index (χ0n) is 11.0. The van der Waals surface area contributed by atoms with Crippen LogP contribution < -0.4 is 10.6 Å². The standard InChI is InChI=1S/C15H13ClN2O3/c16-13(11-7-3-1-4-8-11)21-15(20)18-14(19)17-12-9-5-2-6-10-12/h1-10,13H,(H2,17,18,19,20). The quantitative estimate of drug-likeness (QED) is 0.846. The molecule has 1 atom stereocenters. The molecule has 1 unspecified atom stereocenters. The number of para-hydroxylation sites is 1. The van der Waals surface area contributed by atoms with Crippen LogP contribution in [0.25, 0.3) is 0 Å². The van der Waals surface area contributed by atoms with Gasteiger partial charge in [-0.3, -0.25) is 0 Å². The fourth-order valence-corrected chi connectivity index (χ4v) is 1.80. The van der Waals surface area contributed by atoms with Gasteiger partial charge in [0.2, 0.25) is 5.56 Å². The lowest BCUT2D eigenvalue weighted by Crippen LogP contribution is -2.35. The molecule has 0 aliphatic heterocycles. The average molecular weight is 305 g/mol. The van der Waals surface area contributed by atoms with E-state index in [-0.39, 0.29) is 0 Å². The third-order valence-corrected chi connectivity index (χ3v) is 2.86. The van der Waals surface area contributed by atoms with Crippen LogP contribution in [0, 0.1) is 0 Å². The van der Waals surface area contributed by atoms with Gasteiger partial charge in [0.1, 0.15) is 0 Å². The summed E-state index contributed by atoms with van der Waals surface area (Å²) < 4.78 is 4.90. The maximum atomic E-state index is 11.6. The summed E-state index contributed by atoms with van der Waals surface area (Å²) in [5.41, 5.74) is 0.224. The third-order valence-electron chi connectivity index (χ3n) is 2.52. The van der Waals surface area contributed by atoms with Gasteiger partial charge in [-0.15, -0.1) is 0 Å². The summed E-state index contributed by atoms with van der Waals surface area (Å²) in [6.45, 7) is 0. The van der Waals surface area contributed by atoms with Gasteiger partial charge in [-0.25, -0.2) is 14.9 Å². The smallest absolute Gasteiger partial charge is 0.417 e. The van der Waals surface area contributed by atoms with E-state index in [0.717, 1.165) is 0 Å². The van der Waals surface area contributed by atoms with E-state index in [2.05, 4.69) is 5.32 Å². The minimum Gasteiger partial charge on any atom is -0.425 e. The number of urea groups is 1. The molecule has 108 valence electrons. The number of imide groups is 1. The predicted molar refractivity (Wildman–Crippen MR) is 80.1 cm³/mol. The lowest BCUT2D eigenvalue weighted by molar-refractivity contribution is 0.135. The summed E-state index contributed by atoms with van der Waals surface area (Å²) in [5, 5.41) is 4.53. The van der Waals surface area contributed by atoms with E-state index >= 15 is 0 Å². The Kier molecular flexibility index (Phi) is 5.17. The Bertz CT molecular complexity index is 605. The molecule has 2 rings (SSSR count). The molecule has 0 aliphatic carbocycles. The van der Waals surface area contributed by atoms with Crippen molar-refractivity contribution in [2.45, 2.75) is 5.56 Å². The summed E-state index contributed by atoms with van der Waals surface area (Å²) in [6, 6.07) is 16.8. The van der Waals surface area contributed by atoms with Crippen LogP contribution in [0.4, 0.5) is 15.3 Å². The molecule has 0 fully saturated rings. The van der Waals surface area contributed by atoms with Crippen molar-refractivity contribution in [3.8, 4) is 0 Å². The lowest BCUT2D eigenvalue weighted by Gasteiger charge is -2.12. The van der Waals surface area contributed by atoms with Crippen LogP contribution in [0.3, 0.4) is 0 Å². The number of hydrogen-bond acceptors (Lipinski definition) is 3. The number of carbonyl (C=O) groups is 2. The molecule has 0 saturated carbocycles. The van der Waals surface area contributed by atoms with Gasteiger partial charge in [0.05, 0.1) is 0 Å². The molecule has 2 aromatic rings. The fourth-order valence-electron chi connectivity index (χ4n) is 1.57. The minimum atomic E-state index is -0.962. The molecule has 0 heterocycles. The van der Waals surface area contributed by atoms with Crippen LogP contribution in [0.2, 0.25) is 0 Å². The van der Waals surface area contributed by atoms with Crippen molar-refractivity contribution >= 4 is 29.4 Å². The van der Waals surface area contributed by atoms with Gasteiger partial charge in [0, 0.05) is 11.3 Å². The summed E-state index contributed by atoms with van der Waals surface area (Å²) in [4.78, 5) is 23.1. The first-order valence-corrected chi connectivity index (χ1v) is 6.61. The second kappa shape index (κ2) is 7.31. The third kappa shape index (κ3) is 4.81. The van der Waals surface area contributed by atoms with Crippen LogP contribution in [0.5, 0.6) is 0 Å². The van der Waals surface area contributed by atoms with Gasteiger partial charge < -0.3 is 10.1 Å². The number of alkyl carbamates (subject to hydrolysis) is 1. The highest BCUT2D eigenvalue weighted by Gasteiger charge is 2.15. The van der Waals surface area contributed by atoms with Gasteiger partial charge in [-0.05, 0) is 12.1 Å². The van der Waals surface area contributed by atoms with Crippen LogP contribution in [-0.2, 0) is 4.74 Å². The molecule has 0 radical (unpaired) electrons. The normalized spacial score (nSPS) is 11.3. The molecular formula is C15H13ClN2O3. The molecule has 3 amide bonds. The van der Waals surface area contributed by atoms with Gasteiger partial charge in [0.25, 0.3) is 0 Å². The topological polar surface area (TPSA) is 67.4 Å². The summed E-state index contributed by atoms with van der Waals surface area (Å²) in [6.07, 6.45) is -0.924. The number of halogens is 1. The van der Waals surface area contributed by atoms with Crippen molar-refractivity contribution in [3.63, 3.8) is 0 Å². The number of nitrogens with one attached hydrogen (secondary N) is 2. The lowest BCUT2D eigenvalue weighted by atomic mass is 10.2. The van der Waals surface area contributed by atoms with Crippen molar-refractivity contribution in [1.29, 1.82) is 0 Å². The average Bonchev–Trinajstić information content (AvgIpc) is 2.48. The molecule has 5 nitrogen and oxygen atoms in total. The molecule has 0 aliphatic rings. The van der Waals surface area contributed by atoms with Crippen molar-refractivity contribution < 1.29 is 14.3 Å². The molecule has 2 N–H and O–H groups in total. The first kappa shape index (κ1) is 14.9. The van der Waals surface area contributed by atoms with E-state index in [1.54, 1.807) is 48.5 Å². The van der Waals surface area contributed by atoms with Gasteiger partial charge in [-0.2, -0.15) is 0 Å². The maximum Gasteiger partial charge on any atom is 0.417 e. The van der Waals surface area contributed by atoms with Crippen molar-refractivity contribution in [3.05, 3.63) is 66.2 Å². The molecule has 0 bridgehead atoms. The maximum absolute atomic E-state index is 11.6. The highest BCUT2D eigenvalue weighted by Crippen LogP contribution is 2.21. The number of amides is 3. The summed E-state index contributed by atoms with van der Waals surface area (Å²) in [7, 11) is 0. The zero-order valence-corrected chi connectivity index (χ0v) is 11.7. The van der Waals surface area contributed by atoms with Crippen molar-refractivity contribution in [2.24, 2.45) is 0 Å². The predicted octanol–water partition coefficient (Wildman–Crippen LogP) is 3.88. The van der Waals surface area contributed by atoms with Gasteiger partial charge >= 0.3 is 12.1 Å². The van der Waals surface area contributed by atoms with Crippen molar-refractivity contribution in [1.82, 2.24) is 5.32 Å². The van der Waals surface area contributed by atoms with E-state index in [1.165, 1.54) is 0 Å². The molecule has 0 aromatic heterocycles. The summed E-state index contributed by atoms with van der Waals surface area (Å²) >= 11 is 5.93. The van der Waals surface area contributed by atoms with E-state index in [9.17, 15) is 9.59 Å². The van der Waals surface area contributed by atoms with E-state index in [1.807, 2.05) is 17.4 Å². The Morgan fingerprint density at radius 1 is 0.952 bits per heavy atom. The Balaban J connectivity index is 1.83. The Morgan fingerprint density at radius 2 is 1.52 bits per heavy atom. The number of ether oxygens (including phenoxy) is 1. The highest BCUT2D eigenvalue weighted by molar-refractivity contribution is 6.20.